The van der Waals surface area contributed by atoms with Crippen molar-refractivity contribution < 1.29 is 15.1 Å². The Bertz CT molecular complexity index is 1220. The third-order valence-electron chi connectivity index (χ3n) is 5.11. The SMILES string of the molecule is N=C1C(=P(c2ccccc2)(c2ccccc2)c2ccccc2)C=Nc2nncn21.OB(O)O. The molecule has 0 saturated heterocycles. The fourth-order valence-electron chi connectivity index (χ4n) is 3.84. The number of aliphatic imine (C=N–C) groups is 1. The van der Waals surface area contributed by atoms with Gasteiger partial charge < -0.3 is 15.1 Å². The Kier molecular flexibility index (Phi) is 6.77. The Morgan fingerprint density at radius 1 is 0.727 bits per heavy atom. The largest absolute Gasteiger partial charge is 0.631 e. The van der Waals surface area contributed by atoms with Crippen molar-refractivity contribution in [1.29, 1.82) is 5.41 Å². The summed E-state index contributed by atoms with van der Waals surface area (Å²) in [4.78, 5) is 4.54. The molecule has 4 N–H and O–H groups in total. The Balaban J connectivity index is 0.000000601. The number of rotatable bonds is 3. The van der Waals surface area contributed by atoms with Crippen LogP contribution in [0.25, 0.3) is 0 Å². The second-order valence-corrected chi connectivity index (χ2v) is 10.4. The summed E-state index contributed by atoms with van der Waals surface area (Å²) >= 11 is 0. The second-order valence-electron chi connectivity index (χ2n) is 7.02. The van der Waals surface area contributed by atoms with Gasteiger partial charge in [-0.25, -0.2) is 9.56 Å². The molecule has 1 aromatic heterocycles. The first-order valence-corrected chi connectivity index (χ1v) is 11.8. The van der Waals surface area contributed by atoms with Gasteiger partial charge in [-0.05, 0) is 22.8 Å². The highest BCUT2D eigenvalue weighted by molar-refractivity contribution is 7.97. The van der Waals surface area contributed by atoms with Gasteiger partial charge in [-0.15, -0.1) is 10.2 Å². The molecule has 1 aliphatic heterocycles. The molecular weight excluding hydrogens is 436 g/mol. The Morgan fingerprint density at radius 2 is 1.15 bits per heavy atom. The topological polar surface area (TPSA) is 128 Å². The first-order chi connectivity index (χ1) is 16.0. The standard InChI is InChI=1S/C23H18N5P.BH3O3/c24-22-21(16-25-23-27-26-17-28(22)23)29(18-10-4-1-5-11-18,19-12-6-2-7-13-19)20-14-8-3-9-15-20;2-1(3)4/h1-17,24H;2-4H. The molecule has 10 heteroatoms. The second kappa shape index (κ2) is 9.89. The van der Waals surface area contributed by atoms with Crippen molar-refractivity contribution in [1.82, 2.24) is 14.8 Å². The lowest BCUT2D eigenvalue weighted by molar-refractivity contribution is 0.278. The third kappa shape index (κ3) is 4.35. The van der Waals surface area contributed by atoms with Crippen LogP contribution >= 0.6 is 6.89 Å². The summed E-state index contributed by atoms with van der Waals surface area (Å²) < 4.78 is 1.65. The zero-order valence-electron chi connectivity index (χ0n) is 17.5. The van der Waals surface area contributed by atoms with Gasteiger partial charge in [-0.2, -0.15) is 0 Å². The molecule has 5 rings (SSSR count). The first-order valence-electron chi connectivity index (χ1n) is 10.1. The highest BCUT2D eigenvalue weighted by Gasteiger charge is 2.33. The fourth-order valence-corrected chi connectivity index (χ4v) is 8.09. The van der Waals surface area contributed by atoms with Crippen LogP contribution in [-0.2, 0) is 0 Å². The van der Waals surface area contributed by atoms with E-state index in [9.17, 15) is 0 Å². The molecule has 0 aliphatic carbocycles. The van der Waals surface area contributed by atoms with Gasteiger partial charge in [0.15, 0.2) is 0 Å². The molecule has 8 nitrogen and oxygen atoms in total. The third-order valence-corrected chi connectivity index (χ3v) is 9.38. The minimum absolute atomic E-state index is 0.366. The van der Waals surface area contributed by atoms with Crippen LogP contribution in [0.4, 0.5) is 5.95 Å². The summed E-state index contributed by atoms with van der Waals surface area (Å²) in [5, 5.41) is 42.9. The van der Waals surface area contributed by atoms with Gasteiger partial charge in [0.05, 0.1) is 0 Å². The molecule has 0 bridgehead atoms. The summed E-state index contributed by atoms with van der Waals surface area (Å²) in [6.45, 7) is -2.35. The van der Waals surface area contributed by atoms with E-state index in [2.05, 4.69) is 88.0 Å². The average Bonchev–Trinajstić information content (AvgIpc) is 3.33. The zero-order chi connectivity index (χ0) is 23.3. The van der Waals surface area contributed by atoms with Crippen LogP contribution in [0.2, 0.25) is 0 Å². The van der Waals surface area contributed by atoms with Crippen LogP contribution in [0, 0.1) is 5.41 Å². The van der Waals surface area contributed by atoms with Crippen molar-refractivity contribution in [3.8, 4) is 0 Å². The molecule has 0 fully saturated rings. The predicted octanol–water partition coefficient (Wildman–Crippen LogP) is 0.934. The van der Waals surface area contributed by atoms with Crippen LogP contribution in [0.15, 0.2) is 102 Å². The maximum absolute atomic E-state index is 9.03. The number of nitrogens with zero attached hydrogens (tertiary/aromatic N) is 4. The molecule has 4 aromatic rings. The van der Waals surface area contributed by atoms with E-state index in [4.69, 9.17) is 20.5 Å². The molecule has 0 amide bonds. The number of nitrogens with one attached hydrogen (secondary N) is 1. The van der Waals surface area contributed by atoms with Crippen LogP contribution in [0.3, 0.4) is 0 Å². The van der Waals surface area contributed by atoms with Gasteiger partial charge in [0, 0.05) is 11.5 Å². The molecule has 2 heterocycles. The van der Waals surface area contributed by atoms with Crippen LogP contribution in [-0.4, -0.2) is 54.5 Å². The van der Waals surface area contributed by atoms with Crippen molar-refractivity contribution in [2.75, 3.05) is 0 Å². The van der Waals surface area contributed by atoms with E-state index in [1.807, 2.05) is 24.4 Å². The van der Waals surface area contributed by atoms with Gasteiger partial charge in [0.25, 0.3) is 5.95 Å². The van der Waals surface area contributed by atoms with E-state index in [1.54, 1.807) is 10.9 Å². The van der Waals surface area contributed by atoms with Crippen molar-refractivity contribution >= 4 is 53.4 Å². The number of hydrogen-bond donors (Lipinski definition) is 4. The molecule has 0 saturated carbocycles. The fraction of sp³-hybridized carbons (Fsp3) is 0. The van der Waals surface area contributed by atoms with E-state index in [1.165, 1.54) is 15.9 Å². The van der Waals surface area contributed by atoms with Crippen LogP contribution in [0.5, 0.6) is 0 Å². The van der Waals surface area contributed by atoms with Gasteiger partial charge in [-0.1, -0.05) is 91.0 Å². The first kappa shape index (κ1) is 22.6. The number of hydrogen-bond acceptors (Lipinski definition) is 7. The predicted molar refractivity (Wildman–Crippen MR) is 134 cm³/mol. The smallest absolute Gasteiger partial charge is 0.402 e. The van der Waals surface area contributed by atoms with Crippen molar-refractivity contribution in [3.63, 3.8) is 0 Å². The maximum atomic E-state index is 9.03. The molecule has 164 valence electrons. The molecule has 3 aromatic carbocycles. The molecule has 0 radical (unpaired) electrons. The van der Waals surface area contributed by atoms with E-state index in [0.29, 0.717) is 11.8 Å². The normalized spacial score (nSPS) is 12.6. The highest BCUT2D eigenvalue weighted by atomic mass is 31.2. The molecule has 0 atom stereocenters. The lowest BCUT2D eigenvalue weighted by atomic mass is 10.3. The Labute approximate surface area is 191 Å². The minimum Gasteiger partial charge on any atom is -0.402 e. The Hall–Kier alpha value is -3.62. The average molecular weight is 457 g/mol. The summed E-state index contributed by atoms with van der Waals surface area (Å²) in [6.07, 6.45) is 3.37. The van der Waals surface area contributed by atoms with Gasteiger partial charge in [-0.3, -0.25) is 5.41 Å². The van der Waals surface area contributed by atoms with E-state index < -0.39 is 14.2 Å². The lowest BCUT2D eigenvalue weighted by Gasteiger charge is -2.32. The molecule has 0 spiro atoms. The van der Waals surface area contributed by atoms with E-state index in [-0.39, 0.29) is 0 Å². The van der Waals surface area contributed by atoms with Crippen molar-refractivity contribution in [3.05, 3.63) is 97.3 Å². The summed E-state index contributed by atoms with van der Waals surface area (Å²) in [6, 6.07) is 31.4. The quantitative estimate of drug-likeness (QED) is 0.269. The highest BCUT2D eigenvalue weighted by Crippen LogP contribution is 2.46. The Morgan fingerprint density at radius 3 is 1.58 bits per heavy atom. The van der Waals surface area contributed by atoms with Gasteiger partial charge in [0.2, 0.25) is 0 Å². The van der Waals surface area contributed by atoms with Crippen molar-refractivity contribution in [2.45, 2.75) is 0 Å². The molecular formula is C23H21BN5O3P. The van der Waals surface area contributed by atoms with Crippen LogP contribution < -0.4 is 15.9 Å². The summed E-state index contributed by atoms with van der Waals surface area (Å²) in [5.41, 5.74) is 0. The van der Waals surface area contributed by atoms with E-state index in [0.717, 1.165) is 5.29 Å². The summed E-state index contributed by atoms with van der Waals surface area (Å²) in [5.74, 6) is 0.802. The minimum atomic E-state index is -2.35. The number of benzene rings is 3. The number of fused-ring (bicyclic) bond motifs is 1. The summed E-state index contributed by atoms with van der Waals surface area (Å²) in [7, 11) is -2.17. The maximum Gasteiger partial charge on any atom is 0.631 e. The lowest BCUT2D eigenvalue weighted by Crippen LogP contribution is -2.37. The molecule has 0 unspecified atom stereocenters. The van der Waals surface area contributed by atoms with Crippen LogP contribution in [0.1, 0.15) is 0 Å². The molecule has 33 heavy (non-hydrogen) atoms. The molecule has 1 aliphatic rings. The van der Waals surface area contributed by atoms with Gasteiger partial charge >= 0.3 is 7.32 Å². The monoisotopic (exact) mass is 457 g/mol. The van der Waals surface area contributed by atoms with Crippen molar-refractivity contribution in [2.24, 2.45) is 4.99 Å². The van der Waals surface area contributed by atoms with Gasteiger partial charge in [0.1, 0.15) is 12.2 Å². The zero-order valence-corrected chi connectivity index (χ0v) is 18.4. The van der Waals surface area contributed by atoms with E-state index >= 15 is 0 Å². The number of aromatic nitrogens is 3.